The standard InChI is InChI=1S/C14H19ClF2N2/c1-9-2-3-11(15)7-12(9)13(19-18)6-10-4-5-14(16,17)8-10/h2-3,7,10,13,19H,4-6,8,18H2,1H3. The third kappa shape index (κ3) is 3.65. The van der Waals surface area contributed by atoms with E-state index >= 15 is 0 Å². The molecule has 0 amide bonds. The summed E-state index contributed by atoms with van der Waals surface area (Å²) in [4.78, 5) is 0. The summed E-state index contributed by atoms with van der Waals surface area (Å²) in [7, 11) is 0. The minimum atomic E-state index is -2.51. The van der Waals surface area contributed by atoms with Gasteiger partial charge in [0, 0.05) is 23.9 Å². The second-order valence-corrected chi connectivity index (χ2v) is 5.86. The van der Waals surface area contributed by atoms with Crippen LogP contribution in [0.5, 0.6) is 0 Å². The lowest BCUT2D eigenvalue weighted by Gasteiger charge is -2.22. The fourth-order valence-electron chi connectivity index (χ4n) is 2.85. The molecule has 0 saturated heterocycles. The Kier molecular flexibility index (Phi) is 4.43. The van der Waals surface area contributed by atoms with Crippen LogP contribution in [0.2, 0.25) is 5.02 Å². The molecular weight excluding hydrogens is 270 g/mol. The predicted octanol–water partition coefficient (Wildman–Crippen LogP) is 3.98. The van der Waals surface area contributed by atoms with Crippen LogP contribution in [0.25, 0.3) is 0 Å². The van der Waals surface area contributed by atoms with Gasteiger partial charge in [-0.1, -0.05) is 17.7 Å². The molecule has 19 heavy (non-hydrogen) atoms. The number of aryl methyl sites for hydroxylation is 1. The molecule has 1 aromatic rings. The van der Waals surface area contributed by atoms with Gasteiger partial charge in [0.2, 0.25) is 5.92 Å². The van der Waals surface area contributed by atoms with Gasteiger partial charge >= 0.3 is 0 Å². The normalized spacial score (nSPS) is 23.5. The van der Waals surface area contributed by atoms with Gasteiger partial charge in [-0.15, -0.1) is 0 Å². The molecule has 0 aliphatic heterocycles. The average molecular weight is 289 g/mol. The van der Waals surface area contributed by atoms with Crippen molar-refractivity contribution >= 4 is 11.6 Å². The molecule has 1 fully saturated rings. The zero-order valence-corrected chi connectivity index (χ0v) is 11.7. The first kappa shape index (κ1) is 14.7. The SMILES string of the molecule is Cc1ccc(Cl)cc1C(CC1CCC(F)(F)C1)NN. The van der Waals surface area contributed by atoms with E-state index in [1.807, 2.05) is 25.1 Å². The minimum absolute atomic E-state index is 0.00873. The molecule has 1 aliphatic carbocycles. The van der Waals surface area contributed by atoms with E-state index in [1.165, 1.54) is 0 Å². The van der Waals surface area contributed by atoms with Crippen LogP contribution in [0.1, 0.15) is 42.9 Å². The molecule has 106 valence electrons. The van der Waals surface area contributed by atoms with E-state index < -0.39 is 5.92 Å². The van der Waals surface area contributed by atoms with Gasteiger partial charge in [0.05, 0.1) is 0 Å². The van der Waals surface area contributed by atoms with E-state index in [2.05, 4.69) is 5.43 Å². The Balaban J connectivity index is 2.10. The molecule has 0 heterocycles. The first-order valence-electron chi connectivity index (χ1n) is 6.51. The quantitative estimate of drug-likeness (QED) is 0.650. The highest BCUT2D eigenvalue weighted by molar-refractivity contribution is 6.30. The molecule has 3 N–H and O–H groups in total. The summed E-state index contributed by atoms with van der Waals surface area (Å²) in [6, 6.07) is 5.47. The Morgan fingerprint density at radius 1 is 1.53 bits per heavy atom. The molecule has 1 aliphatic rings. The van der Waals surface area contributed by atoms with E-state index in [0.717, 1.165) is 11.1 Å². The van der Waals surface area contributed by atoms with Gasteiger partial charge in [-0.25, -0.2) is 8.78 Å². The summed E-state index contributed by atoms with van der Waals surface area (Å²) in [5.41, 5.74) is 4.79. The summed E-state index contributed by atoms with van der Waals surface area (Å²) < 4.78 is 26.4. The molecule has 0 bridgehead atoms. The van der Waals surface area contributed by atoms with Gasteiger partial charge in [-0.2, -0.15) is 0 Å². The molecular formula is C14H19ClF2N2. The van der Waals surface area contributed by atoms with E-state index in [-0.39, 0.29) is 24.8 Å². The predicted molar refractivity (Wildman–Crippen MR) is 73.2 cm³/mol. The lowest BCUT2D eigenvalue weighted by molar-refractivity contribution is 0.00430. The molecule has 2 unspecified atom stereocenters. The first-order chi connectivity index (χ1) is 8.91. The van der Waals surface area contributed by atoms with Crippen molar-refractivity contribution in [1.82, 2.24) is 5.43 Å². The zero-order valence-electron chi connectivity index (χ0n) is 10.9. The molecule has 2 rings (SSSR count). The maximum absolute atomic E-state index is 13.2. The third-order valence-electron chi connectivity index (χ3n) is 3.89. The summed E-state index contributed by atoms with van der Waals surface area (Å²) in [6.45, 7) is 1.97. The number of rotatable bonds is 4. The highest BCUT2D eigenvalue weighted by Gasteiger charge is 2.40. The van der Waals surface area contributed by atoms with E-state index in [0.29, 0.717) is 17.9 Å². The summed E-state index contributed by atoms with van der Waals surface area (Å²) in [5, 5.41) is 0.637. The average Bonchev–Trinajstić information content (AvgIpc) is 2.69. The monoisotopic (exact) mass is 288 g/mol. The van der Waals surface area contributed by atoms with Crippen molar-refractivity contribution in [2.45, 2.75) is 44.6 Å². The molecule has 2 nitrogen and oxygen atoms in total. The maximum Gasteiger partial charge on any atom is 0.248 e. The first-order valence-corrected chi connectivity index (χ1v) is 6.89. The van der Waals surface area contributed by atoms with Crippen LogP contribution in [-0.2, 0) is 0 Å². The van der Waals surface area contributed by atoms with Crippen molar-refractivity contribution in [2.24, 2.45) is 11.8 Å². The molecule has 0 radical (unpaired) electrons. The lowest BCUT2D eigenvalue weighted by atomic mass is 9.91. The lowest BCUT2D eigenvalue weighted by Crippen LogP contribution is -2.30. The van der Waals surface area contributed by atoms with Crippen molar-refractivity contribution in [1.29, 1.82) is 0 Å². The fraction of sp³-hybridized carbons (Fsp3) is 0.571. The molecule has 0 spiro atoms. The Bertz CT molecular complexity index is 451. The smallest absolute Gasteiger partial charge is 0.248 e. The van der Waals surface area contributed by atoms with Crippen molar-refractivity contribution in [3.05, 3.63) is 34.3 Å². The second kappa shape index (κ2) is 5.73. The Morgan fingerprint density at radius 2 is 2.26 bits per heavy atom. The largest absolute Gasteiger partial charge is 0.271 e. The van der Waals surface area contributed by atoms with Crippen molar-refractivity contribution < 1.29 is 8.78 Å². The van der Waals surface area contributed by atoms with Crippen molar-refractivity contribution in [3.8, 4) is 0 Å². The Hall–Kier alpha value is -0.710. The van der Waals surface area contributed by atoms with E-state index in [1.54, 1.807) is 0 Å². The molecule has 0 aromatic heterocycles. The maximum atomic E-state index is 13.2. The van der Waals surface area contributed by atoms with Crippen LogP contribution >= 0.6 is 11.6 Å². The Morgan fingerprint density at radius 3 is 2.84 bits per heavy atom. The van der Waals surface area contributed by atoms with Gasteiger partial charge in [-0.3, -0.25) is 11.3 Å². The fourth-order valence-corrected chi connectivity index (χ4v) is 3.03. The van der Waals surface area contributed by atoms with E-state index in [4.69, 9.17) is 17.4 Å². The van der Waals surface area contributed by atoms with Crippen LogP contribution in [-0.4, -0.2) is 5.92 Å². The number of hydrazine groups is 1. The van der Waals surface area contributed by atoms with Gasteiger partial charge < -0.3 is 0 Å². The van der Waals surface area contributed by atoms with Crippen LogP contribution < -0.4 is 11.3 Å². The number of alkyl halides is 2. The van der Waals surface area contributed by atoms with Gasteiger partial charge in [0.25, 0.3) is 0 Å². The molecule has 2 atom stereocenters. The van der Waals surface area contributed by atoms with E-state index in [9.17, 15) is 8.78 Å². The second-order valence-electron chi connectivity index (χ2n) is 5.42. The molecule has 1 aromatic carbocycles. The molecule has 1 saturated carbocycles. The topological polar surface area (TPSA) is 38.0 Å². The zero-order chi connectivity index (χ0) is 14.0. The Labute approximate surface area is 117 Å². The minimum Gasteiger partial charge on any atom is -0.271 e. The van der Waals surface area contributed by atoms with Gasteiger partial charge in [-0.05, 0) is 48.9 Å². The molecule has 5 heteroatoms. The number of benzene rings is 1. The van der Waals surface area contributed by atoms with Crippen LogP contribution in [0.3, 0.4) is 0 Å². The van der Waals surface area contributed by atoms with Gasteiger partial charge in [0.1, 0.15) is 0 Å². The van der Waals surface area contributed by atoms with Crippen molar-refractivity contribution in [2.75, 3.05) is 0 Å². The number of hydrogen-bond donors (Lipinski definition) is 2. The number of halogens is 3. The summed E-state index contributed by atoms with van der Waals surface area (Å²) in [5.74, 6) is 3.09. The number of nitrogens with one attached hydrogen (secondary N) is 1. The van der Waals surface area contributed by atoms with Crippen molar-refractivity contribution in [3.63, 3.8) is 0 Å². The summed E-state index contributed by atoms with van der Waals surface area (Å²) >= 11 is 5.99. The highest BCUT2D eigenvalue weighted by Crippen LogP contribution is 2.42. The van der Waals surface area contributed by atoms with Crippen LogP contribution in [0, 0.1) is 12.8 Å². The number of hydrogen-bond acceptors (Lipinski definition) is 2. The van der Waals surface area contributed by atoms with Crippen LogP contribution in [0.15, 0.2) is 18.2 Å². The van der Waals surface area contributed by atoms with Crippen LogP contribution in [0.4, 0.5) is 8.78 Å². The van der Waals surface area contributed by atoms with Gasteiger partial charge in [0.15, 0.2) is 0 Å². The highest BCUT2D eigenvalue weighted by atomic mass is 35.5. The number of nitrogens with two attached hydrogens (primary N) is 1. The third-order valence-corrected chi connectivity index (χ3v) is 4.13. The summed E-state index contributed by atoms with van der Waals surface area (Å²) in [6.07, 6.45) is 1.13.